The third kappa shape index (κ3) is 4.95. The SMILES string of the molecule is C/C=C\C(=C/CNCO)C1(c2ccc(OC(C)C)cc2)C=Cc2c3c4c5c(cc(C)cc5c2O1)C(C)(C)c1cc(C)cc(c1-4)C1Cc2ccccc2C31. The molecule has 4 aliphatic rings. The molecule has 2 N–H and O–H groups in total. The lowest BCUT2D eigenvalue weighted by molar-refractivity contribution is 0.161. The van der Waals surface area contributed by atoms with E-state index in [9.17, 15) is 5.11 Å². The Bertz CT molecular complexity index is 2410. The summed E-state index contributed by atoms with van der Waals surface area (Å²) in [5, 5.41) is 15.3. The summed E-state index contributed by atoms with van der Waals surface area (Å²) in [7, 11) is 0. The number of ether oxygens (including phenoxy) is 2. The minimum atomic E-state index is -0.931. The van der Waals surface area contributed by atoms with Crippen molar-refractivity contribution in [2.45, 2.75) is 83.8 Å². The fraction of sp³-hybridized carbons (Fsp3) is 0.306. The number of rotatable bonds is 8. The number of benzene rings is 5. The van der Waals surface area contributed by atoms with Gasteiger partial charge in [-0.1, -0.05) is 104 Å². The highest BCUT2D eigenvalue weighted by atomic mass is 16.5. The first-order valence-electron chi connectivity index (χ1n) is 19.3. The Morgan fingerprint density at radius 1 is 0.962 bits per heavy atom. The zero-order valence-corrected chi connectivity index (χ0v) is 31.9. The van der Waals surface area contributed by atoms with Gasteiger partial charge >= 0.3 is 0 Å². The van der Waals surface area contributed by atoms with Crippen LogP contribution in [-0.4, -0.2) is 24.5 Å². The summed E-state index contributed by atoms with van der Waals surface area (Å²) in [4.78, 5) is 0. The second-order valence-electron chi connectivity index (χ2n) is 16.3. The van der Waals surface area contributed by atoms with Crippen molar-refractivity contribution in [1.82, 2.24) is 5.32 Å². The molecule has 3 unspecified atom stereocenters. The summed E-state index contributed by atoms with van der Waals surface area (Å²) in [5.41, 5.74) is 16.1. The van der Waals surface area contributed by atoms with Crippen LogP contribution in [0.5, 0.6) is 11.5 Å². The average Bonchev–Trinajstić information content (AvgIpc) is 3.53. The van der Waals surface area contributed by atoms with E-state index in [-0.39, 0.29) is 24.2 Å². The normalized spacial score (nSPS) is 21.5. The fourth-order valence-electron chi connectivity index (χ4n) is 10.1. The number of hydrogen-bond acceptors (Lipinski definition) is 4. The van der Waals surface area contributed by atoms with Crippen molar-refractivity contribution >= 4 is 16.8 Å². The lowest BCUT2D eigenvalue weighted by Gasteiger charge is -2.45. The Hall–Kier alpha value is -4.90. The molecular weight excluding hydrogens is 651 g/mol. The number of aliphatic hydroxyl groups is 1. The first-order chi connectivity index (χ1) is 25.6. The summed E-state index contributed by atoms with van der Waals surface area (Å²) in [6, 6.07) is 27.3. The molecule has 5 aromatic carbocycles. The number of nitrogens with one attached hydrogen (secondary N) is 1. The standard InChI is InChI=1S/C49H49NO3/c1-8-11-32(19-21-50-27-51)49(33-14-16-34(17-15-33)52-28(2)3)20-18-36-45-42-35-13-10-9-12-31(35)26-38(42)37-22-29(4)24-40-43(37)46(45)44-39(47(36)53-49)23-30(5)25-41(44)48(40,6)7/h8-20,22-25,28,38,42,50-51H,21,26-27H2,1-7H3/b11-8-,32-19+. The van der Waals surface area contributed by atoms with Crippen molar-refractivity contribution in [3.63, 3.8) is 0 Å². The van der Waals surface area contributed by atoms with Crippen molar-refractivity contribution in [3.8, 4) is 22.6 Å². The van der Waals surface area contributed by atoms with Gasteiger partial charge in [0.2, 0.25) is 0 Å². The van der Waals surface area contributed by atoms with Gasteiger partial charge in [0.25, 0.3) is 0 Å². The average molecular weight is 700 g/mol. The van der Waals surface area contributed by atoms with Crippen LogP contribution in [-0.2, 0) is 17.4 Å². The van der Waals surface area contributed by atoms with E-state index in [0.717, 1.165) is 29.1 Å². The van der Waals surface area contributed by atoms with E-state index in [0.29, 0.717) is 12.5 Å². The molecule has 0 saturated heterocycles. The number of allylic oxidation sites excluding steroid dienone is 1. The number of fused-ring (bicyclic) bond motifs is 8. The van der Waals surface area contributed by atoms with Crippen LogP contribution >= 0.6 is 0 Å². The van der Waals surface area contributed by atoms with Crippen molar-refractivity contribution in [1.29, 1.82) is 0 Å². The van der Waals surface area contributed by atoms with Crippen LogP contribution in [0.15, 0.2) is 103 Å². The summed E-state index contributed by atoms with van der Waals surface area (Å²) >= 11 is 0. The Morgan fingerprint density at radius 2 is 1.72 bits per heavy atom. The van der Waals surface area contributed by atoms with E-state index in [1.165, 1.54) is 72.0 Å². The van der Waals surface area contributed by atoms with Gasteiger partial charge in [-0.3, -0.25) is 5.32 Å². The molecule has 1 aliphatic heterocycles. The molecule has 4 nitrogen and oxygen atoms in total. The lowest BCUT2D eigenvalue weighted by atomic mass is 9.59. The van der Waals surface area contributed by atoms with E-state index in [1.807, 2.05) is 20.8 Å². The van der Waals surface area contributed by atoms with Crippen molar-refractivity contribution in [2.24, 2.45) is 0 Å². The van der Waals surface area contributed by atoms with Crippen LogP contribution in [0.2, 0.25) is 0 Å². The molecule has 0 bridgehead atoms. The number of hydrogen-bond donors (Lipinski definition) is 2. The monoisotopic (exact) mass is 699 g/mol. The third-order valence-corrected chi connectivity index (χ3v) is 12.2. The zero-order valence-electron chi connectivity index (χ0n) is 31.9. The lowest BCUT2D eigenvalue weighted by Crippen LogP contribution is -2.36. The molecule has 3 aliphatic carbocycles. The Balaban J connectivity index is 1.39. The summed E-state index contributed by atoms with van der Waals surface area (Å²) in [6.45, 7) is 15.9. The van der Waals surface area contributed by atoms with Crippen LogP contribution < -0.4 is 14.8 Å². The molecule has 0 spiro atoms. The predicted molar refractivity (Wildman–Crippen MR) is 217 cm³/mol. The summed E-state index contributed by atoms with van der Waals surface area (Å²) in [5.74, 6) is 2.36. The molecule has 1 heterocycles. The first kappa shape index (κ1) is 33.9. The zero-order chi connectivity index (χ0) is 36.8. The molecule has 0 aromatic heterocycles. The number of aliphatic hydroxyl groups excluding tert-OH is 1. The van der Waals surface area contributed by atoms with Gasteiger partial charge in [-0.2, -0.15) is 0 Å². The van der Waals surface area contributed by atoms with Gasteiger partial charge in [-0.15, -0.1) is 0 Å². The van der Waals surface area contributed by atoms with Gasteiger partial charge in [0, 0.05) is 40.0 Å². The Labute approximate surface area is 313 Å². The maximum atomic E-state index is 9.67. The first-order valence-corrected chi connectivity index (χ1v) is 19.3. The number of aryl methyl sites for hydroxylation is 2. The smallest absolute Gasteiger partial charge is 0.177 e. The fourth-order valence-corrected chi connectivity index (χ4v) is 10.1. The third-order valence-electron chi connectivity index (χ3n) is 12.2. The topological polar surface area (TPSA) is 50.7 Å². The molecule has 53 heavy (non-hydrogen) atoms. The molecule has 0 amide bonds. The van der Waals surface area contributed by atoms with E-state index in [4.69, 9.17) is 9.47 Å². The Morgan fingerprint density at radius 3 is 2.47 bits per heavy atom. The maximum Gasteiger partial charge on any atom is 0.177 e. The van der Waals surface area contributed by atoms with E-state index in [1.54, 1.807) is 0 Å². The van der Waals surface area contributed by atoms with E-state index < -0.39 is 5.60 Å². The summed E-state index contributed by atoms with van der Waals surface area (Å²) < 4.78 is 13.8. The molecule has 0 radical (unpaired) electrons. The van der Waals surface area contributed by atoms with Gasteiger partial charge in [-0.25, -0.2) is 0 Å². The summed E-state index contributed by atoms with van der Waals surface area (Å²) in [6.07, 6.45) is 12.1. The molecule has 3 atom stereocenters. The van der Waals surface area contributed by atoms with Crippen LogP contribution in [0, 0.1) is 13.8 Å². The predicted octanol–water partition coefficient (Wildman–Crippen LogP) is 10.7. The highest BCUT2D eigenvalue weighted by Crippen LogP contribution is 2.65. The van der Waals surface area contributed by atoms with Crippen LogP contribution in [0.1, 0.15) is 102 Å². The molecule has 4 heteroatoms. The van der Waals surface area contributed by atoms with E-state index in [2.05, 4.69) is 136 Å². The van der Waals surface area contributed by atoms with Gasteiger partial charge in [0.1, 0.15) is 11.5 Å². The molecule has 0 fully saturated rings. The van der Waals surface area contributed by atoms with Gasteiger partial charge in [0.05, 0.1) is 12.8 Å². The van der Waals surface area contributed by atoms with Gasteiger partial charge in [-0.05, 0) is 121 Å². The van der Waals surface area contributed by atoms with E-state index >= 15 is 0 Å². The molecule has 5 aromatic rings. The van der Waals surface area contributed by atoms with Gasteiger partial charge < -0.3 is 14.6 Å². The largest absolute Gasteiger partial charge is 0.491 e. The minimum Gasteiger partial charge on any atom is -0.491 e. The highest BCUT2D eigenvalue weighted by molar-refractivity contribution is 6.12. The second kappa shape index (κ2) is 12.3. The van der Waals surface area contributed by atoms with Crippen LogP contribution in [0.4, 0.5) is 0 Å². The Kier molecular flexibility index (Phi) is 7.89. The second-order valence-corrected chi connectivity index (χ2v) is 16.3. The van der Waals surface area contributed by atoms with Crippen LogP contribution in [0.3, 0.4) is 0 Å². The highest BCUT2D eigenvalue weighted by Gasteiger charge is 2.49. The minimum absolute atomic E-state index is 0.0763. The van der Waals surface area contributed by atoms with Crippen molar-refractivity contribution in [3.05, 3.63) is 158 Å². The quantitative estimate of drug-likeness (QED) is 0.0962. The molecule has 0 saturated carbocycles. The van der Waals surface area contributed by atoms with Gasteiger partial charge in [0.15, 0.2) is 5.60 Å². The molecule has 9 rings (SSSR count). The molecular formula is C49H49NO3. The maximum absolute atomic E-state index is 9.67. The molecule has 268 valence electrons. The van der Waals surface area contributed by atoms with Crippen molar-refractivity contribution in [2.75, 3.05) is 13.3 Å². The van der Waals surface area contributed by atoms with Crippen molar-refractivity contribution < 1.29 is 14.6 Å². The van der Waals surface area contributed by atoms with Crippen LogP contribution in [0.25, 0.3) is 28.0 Å².